The Bertz CT molecular complexity index is 1200. The van der Waals surface area contributed by atoms with Crippen LogP contribution in [0.2, 0.25) is 0 Å². The number of amides is 1. The summed E-state index contributed by atoms with van der Waals surface area (Å²) in [7, 11) is 0. The number of anilines is 1. The van der Waals surface area contributed by atoms with Crippen LogP contribution in [0.1, 0.15) is 33.4 Å². The van der Waals surface area contributed by atoms with Crippen molar-refractivity contribution in [2.75, 3.05) is 18.1 Å². The van der Waals surface area contributed by atoms with Crippen LogP contribution >= 0.6 is 0 Å². The molecule has 0 saturated heterocycles. The van der Waals surface area contributed by atoms with Crippen LogP contribution < -0.4 is 14.4 Å². The van der Waals surface area contributed by atoms with E-state index in [4.69, 9.17) is 9.47 Å². The Morgan fingerprint density at radius 1 is 1.06 bits per heavy atom. The van der Waals surface area contributed by atoms with Gasteiger partial charge in [0.25, 0.3) is 5.91 Å². The summed E-state index contributed by atoms with van der Waals surface area (Å²) in [4.78, 5) is 30.8. The molecule has 0 aliphatic carbocycles. The first kappa shape index (κ1) is 19.0. The summed E-state index contributed by atoms with van der Waals surface area (Å²) in [5.41, 5.74) is 1.43. The summed E-state index contributed by atoms with van der Waals surface area (Å²) < 4.78 is 25.2. The minimum absolute atomic E-state index is 0.221. The molecule has 3 heterocycles. The number of hydrogen-bond donors (Lipinski definition) is 1. The lowest BCUT2D eigenvalue weighted by Gasteiger charge is -2.41. The SMILES string of the molecule is O=C(O)[C@@H]1c2ccccc2C(=O)N(c2ccnc(F)c2)[C@H]1c1ccc2c(c1)OCCO2. The molecular formula is C23H17FN2O5. The van der Waals surface area contributed by atoms with Crippen LogP contribution in [-0.2, 0) is 4.79 Å². The number of halogens is 1. The third-order valence-electron chi connectivity index (χ3n) is 5.50. The molecule has 0 unspecified atom stereocenters. The number of aromatic nitrogens is 1. The number of carboxylic acids is 1. The van der Waals surface area contributed by atoms with Gasteiger partial charge in [-0.15, -0.1) is 0 Å². The second-order valence-electron chi connectivity index (χ2n) is 7.26. The molecule has 0 saturated carbocycles. The number of ether oxygens (including phenoxy) is 2. The first-order chi connectivity index (χ1) is 15.0. The molecule has 0 bridgehead atoms. The third kappa shape index (κ3) is 3.16. The van der Waals surface area contributed by atoms with Crippen molar-refractivity contribution in [3.63, 3.8) is 0 Å². The third-order valence-corrected chi connectivity index (χ3v) is 5.50. The zero-order valence-corrected chi connectivity index (χ0v) is 16.2. The largest absolute Gasteiger partial charge is 0.486 e. The molecule has 1 N–H and O–H groups in total. The van der Waals surface area contributed by atoms with Crippen LogP contribution in [0, 0.1) is 5.95 Å². The molecule has 0 spiro atoms. The second-order valence-corrected chi connectivity index (χ2v) is 7.26. The molecule has 8 heteroatoms. The van der Waals surface area contributed by atoms with Crippen molar-refractivity contribution in [2.45, 2.75) is 12.0 Å². The van der Waals surface area contributed by atoms with Crippen molar-refractivity contribution < 1.29 is 28.6 Å². The van der Waals surface area contributed by atoms with Gasteiger partial charge in [0.15, 0.2) is 11.5 Å². The topological polar surface area (TPSA) is 89.0 Å². The maximum Gasteiger partial charge on any atom is 0.313 e. The number of carbonyl (C=O) groups excluding carboxylic acids is 1. The highest BCUT2D eigenvalue weighted by atomic mass is 19.1. The van der Waals surface area contributed by atoms with E-state index in [9.17, 15) is 19.1 Å². The van der Waals surface area contributed by atoms with Crippen LogP contribution in [0.4, 0.5) is 10.1 Å². The quantitative estimate of drug-likeness (QED) is 0.652. The van der Waals surface area contributed by atoms with Crippen LogP contribution in [0.15, 0.2) is 60.8 Å². The van der Waals surface area contributed by atoms with Gasteiger partial charge in [0.2, 0.25) is 5.95 Å². The van der Waals surface area contributed by atoms with E-state index in [1.807, 2.05) is 0 Å². The monoisotopic (exact) mass is 420 g/mol. The number of benzene rings is 2. The minimum atomic E-state index is -1.10. The van der Waals surface area contributed by atoms with Gasteiger partial charge in [0.1, 0.15) is 19.1 Å². The molecule has 3 aromatic rings. The van der Waals surface area contributed by atoms with Crippen molar-refractivity contribution in [3.8, 4) is 11.5 Å². The van der Waals surface area contributed by atoms with E-state index in [1.54, 1.807) is 42.5 Å². The Morgan fingerprint density at radius 2 is 1.84 bits per heavy atom. The standard InChI is InChI=1S/C23H17FN2O5/c24-19-12-14(7-8-25-19)26-21(13-5-6-17-18(11-13)31-10-9-30-17)20(23(28)29)15-3-1-2-4-16(15)22(26)27/h1-8,11-12,20-21H,9-10H2,(H,28,29)/t20-,21+/m1/s1. The lowest BCUT2D eigenvalue weighted by Crippen LogP contribution is -2.45. The van der Waals surface area contributed by atoms with E-state index in [2.05, 4.69) is 4.98 Å². The summed E-state index contributed by atoms with van der Waals surface area (Å²) >= 11 is 0. The summed E-state index contributed by atoms with van der Waals surface area (Å²) in [6.07, 6.45) is 1.25. The molecule has 1 aromatic heterocycles. The number of carbonyl (C=O) groups is 2. The lowest BCUT2D eigenvalue weighted by atomic mass is 9.79. The molecule has 2 aliphatic heterocycles. The molecule has 0 fully saturated rings. The second kappa shape index (κ2) is 7.39. The zero-order chi connectivity index (χ0) is 21.5. The molecule has 2 atom stereocenters. The van der Waals surface area contributed by atoms with Crippen molar-refractivity contribution in [2.24, 2.45) is 0 Å². The number of hydrogen-bond acceptors (Lipinski definition) is 5. The molecular weight excluding hydrogens is 403 g/mol. The van der Waals surface area contributed by atoms with Gasteiger partial charge in [-0.05, 0) is 35.4 Å². The highest BCUT2D eigenvalue weighted by Gasteiger charge is 2.45. The normalized spacial score (nSPS) is 19.6. The lowest BCUT2D eigenvalue weighted by molar-refractivity contribution is -0.139. The Balaban J connectivity index is 1.74. The predicted octanol–water partition coefficient (Wildman–Crippen LogP) is 3.56. The number of rotatable bonds is 3. The van der Waals surface area contributed by atoms with Gasteiger partial charge in [0.05, 0.1) is 11.7 Å². The maximum atomic E-state index is 14.0. The first-order valence-corrected chi connectivity index (χ1v) is 9.71. The molecule has 7 nitrogen and oxygen atoms in total. The average Bonchev–Trinajstić information content (AvgIpc) is 2.78. The Kier molecular flexibility index (Phi) is 4.54. The molecule has 156 valence electrons. The van der Waals surface area contributed by atoms with Gasteiger partial charge in [-0.2, -0.15) is 4.39 Å². The van der Waals surface area contributed by atoms with Crippen LogP contribution in [-0.4, -0.2) is 35.2 Å². The van der Waals surface area contributed by atoms with Crippen LogP contribution in [0.5, 0.6) is 11.5 Å². The fourth-order valence-corrected chi connectivity index (χ4v) is 4.21. The molecule has 5 rings (SSSR count). The highest BCUT2D eigenvalue weighted by Crippen LogP contribution is 2.46. The van der Waals surface area contributed by atoms with Gasteiger partial charge in [0, 0.05) is 17.8 Å². The van der Waals surface area contributed by atoms with Gasteiger partial charge >= 0.3 is 5.97 Å². The summed E-state index contributed by atoms with van der Waals surface area (Å²) in [5, 5.41) is 10.2. The average molecular weight is 420 g/mol. The minimum Gasteiger partial charge on any atom is -0.486 e. The highest BCUT2D eigenvalue weighted by molar-refractivity contribution is 6.10. The van der Waals surface area contributed by atoms with Crippen molar-refractivity contribution in [1.29, 1.82) is 0 Å². The first-order valence-electron chi connectivity index (χ1n) is 9.71. The van der Waals surface area contributed by atoms with Crippen LogP contribution in [0.25, 0.3) is 0 Å². The smallest absolute Gasteiger partial charge is 0.313 e. The summed E-state index contributed by atoms with van der Waals surface area (Å²) in [5.74, 6) is -2.34. The van der Waals surface area contributed by atoms with Crippen LogP contribution in [0.3, 0.4) is 0 Å². The van der Waals surface area contributed by atoms with E-state index in [0.717, 1.165) is 6.07 Å². The summed E-state index contributed by atoms with van der Waals surface area (Å²) in [6.45, 7) is 0.784. The molecule has 31 heavy (non-hydrogen) atoms. The molecule has 2 aromatic carbocycles. The Hall–Kier alpha value is -3.94. The maximum absolute atomic E-state index is 14.0. The van der Waals surface area contributed by atoms with E-state index in [-0.39, 0.29) is 11.3 Å². The number of carboxylic acid groups (broad SMARTS) is 1. The Morgan fingerprint density at radius 3 is 2.61 bits per heavy atom. The number of nitrogens with zero attached hydrogens (tertiary/aromatic N) is 2. The van der Waals surface area contributed by atoms with E-state index >= 15 is 0 Å². The molecule has 1 amide bonds. The van der Waals surface area contributed by atoms with Crippen molar-refractivity contribution in [1.82, 2.24) is 4.98 Å². The van der Waals surface area contributed by atoms with Gasteiger partial charge in [-0.25, -0.2) is 4.98 Å². The number of pyridine rings is 1. The fraction of sp³-hybridized carbons (Fsp3) is 0.174. The van der Waals surface area contributed by atoms with Gasteiger partial charge in [-0.3, -0.25) is 14.5 Å². The van der Waals surface area contributed by atoms with Crippen molar-refractivity contribution in [3.05, 3.63) is 83.4 Å². The number of fused-ring (bicyclic) bond motifs is 2. The molecule has 0 radical (unpaired) electrons. The fourth-order valence-electron chi connectivity index (χ4n) is 4.21. The summed E-state index contributed by atoms with van der Waals surface area (Å²) in [6, 6.07) is 13.3. The number of aliphatic carboxylic acids is 1. The predicted molar refractivity (Wildman–Crippen MR) is 108 cm³/mol. The zero-order valence-electron chi connectivity index (χ0n) is 16.2. The van der Waals surface area contributed by atoms with Crippen molar-refractivity contribution >= 4 is 17.6 Å². The van der Waals surface area contributed by atoms with Gasteiger partial charge < -0.3 is 14.6 Å². The van der Waals surface area contributed by atoms with E-state index in [1.165, 1.54) is 17.2 Å². The van der Waals surface area contributed by atoms with E-state index in [0.29, 0.717) is 35.8 Å². The van der Waals surface area contributed by atoms with E-state index < -0.39 is 29.8 Å². The Labute approximate surface area is 176 Å². The molecule has 2 aliphatic rings. The van der Waals surface area contributed by atoms with Gasteiger partial charge in [-0.1, -0.05) is 24.3 Å².